The maximum Gasteiger partial charge on any atom is 0.160 e. The van der Waals surface area contributed by atoms with Gasteiger partial charge in [0.2, 0.25) is 0 Å². The van der Waals surface area contributed by atoms with Crippen molar-refractivity contribution in [1.82, 2.24) is 0 Å². The lowest BCUT2D eigenvalue weighted by Crippen LogP contribution is -1.97. The molecule has 0 N–H and O–H groups in total. The number of nitrogens with zero attached hydrogens (tertiary/aromatic N) is 3. The highest BCUT2D eigenvalue weighted by Gasteiger charge is 2.03. The monoisotopic (exact) mass is 175 g/mol. The van der Waals surface area contributed by atoms with Gasteiger partial charge in [-0.1, -0.05) is 29.4 Å². The van der Waals surface area contributed by atoms with Gasteiger partial charge in [-0.05, 0) is 18.0 Å². The summed E-state index contributed by atoms with van der Waals surface area (Å²) in [5.74, 6) is -0.0104. The number of carbonyl (C=O) groups excluding carboxylic acids is 1. The van der Waals surface area contributed by atoms with Crippen molar-refractivity contribution in [3.05, 3.63) is 45.8 Å². The second-order valence-electron chi connectivity index (χ2n) is 2.60. The number of hydrogen-bond donors (Lipinski definition) is 0. The van der Waals surface area contributed by atoms with Crippen LogP contribution in [0.5, 0.6) is 0 Å². The largest absolute Gasteiger partial charge is 0.295 e. The molecule has 0 spiro atoms. The van der Waals surface area contributed by atoms with E-state index in [4.69, 9.17) is 5.53 Å². The van der Waals surface area contributed by atoms with Crippen molar-refractivity contribution < 1.29 is 4.79 Å². The van der Waals surface area contributed by atoms with Crippen molar-refractivity contribution in [2.24, 2.45) is 5.11 Å². The van der Waals surface area contributed by atoms with E-state index in [9.17, 15) is 4.79 Å². The zero-order valence-electron chi connectivity index (χ0n) is 7.27. The molecule has 66 valence electrons. The first-order valence-electron chi connectivity index (χ1n) is 3.85. The molecule has 1 aromatic rings. The minimum atomic E-state index is -0.0104. The fourth-order valence-electron chi connectivity index (χ4n) is 1.11. The van der Waals surface area contributed by atoms with E-state index >= 15 is 0 Å². The molecule has 0 aromatic heterocycles. The Morgan fingerprint density at radius 1 is 1.54 bits per heavy atom. The average molecular weight is 175 g/mol. The Hall–Kier alpha value is -1.80. The third kappa shape index (κ3) is 2.32. The Bertz CT molecular complexity index is 367. The van der Waals surface area contributed by atoms with Crippen molar-refractivity contribution in [2.75, 3.05) is 0 Å². The maximum absolute atomic E-state index is 11.1. The molecule has 0 heterocycles. The molecule has 0 atom stereocenters. The van der Waals surface area contributed by atoms with Gasteiger partial charge in [-0.25, -0.2) is 0 Å². The predicted molar refractivity (Wildman–Crippen MR) is 49.3 cm³/mol. The van der Waals surface area contributed by atoms with Crippen LogP contribution < -0.4 is 0 Å². The molecule has 13 heavy (non-hydrogen) atoms. The Kier molecular flexibility index (Phi) is 3.06. The molecule has 0 aliphatic carbocycles. The third-order valence-electron chi connectivity index (χ3n) is 1.70. The van der Waals surface area contributed by atoms with Gasteiger partial charge in [-0.15, -0.1) is 0 Å². The van der Waals surface area contributed by atoms with E-state index < -0.39 is 0 Å². The highest BCUT2D eigenvalue weighted by molar-refractivity contribution is 5.95. The number of benzene rings is 1. The SMILES string of the molecule is CC(=O)c1ccccc1CN=[N+]=[N-]. The van der Waals surface area contributed by atoms with E-state index in [1.165, 1.54) is 6.92 Å². The lowest BCUT2D eigenvalue weighted by molar-refractivity contribution is 0.101. The lowest BCUT2D eigenvalue weighted by Gasteiger charge is -2.01. The van der Waals surface area contributed by atoms with Gasteiger partial charge in [0.25, 0.3) is 0 Å². The molecular formula is C9H9N3O. The van der Waals surface area contributed by atoms with Crippen LogP contribution in [0, 0.1) is 0 Å². The minimum Gasteiger partial charge on any atom is -0.295 e. The van der Waals surface area contributed by atoms with Gasteiger partial charge in [-0.3, -0.25) is 4.79 Å². The standard InChI is InChI=1S/C9H9N3O/c1-7(13)9-5-3-2-4-8(9)6-11-12-10/h2-5H,6H2,1H3. The Balaban J connectivity index is 3.04. The molecule has 0 radical (unpaired) electrons. The summed E-state index contributed by atoms with van der Waals surface area (Å²) in [7, 11) is 0. The fraction of sp³-hybridized carbons (Fsp3) is 0.222. The van der Waals surface area contributed by atoms with Gasteiger partial charge in [-0.2, -0.15) is 0 Å². The van der Waals surface area contributed by atoms with Crippen LogP contribution in [-0.2, 0) is 6.54 Å². The zero-order chi connectivity index (χ0) is 9.68. The van der Waals surface area contributed by atoms with Crippen LogP contribution in [0.25, 0.3) is 10.4 Å². The van der Waals surface area contributed by atoms with Gasteiger partial charge in [0, 0.05) is 10.5 Å². The van der Waals surface area contributed by atoms with E-state index in [1.54, 1.807) is 18.2 Å². The van der Waals surface area contributed by atoms with Crippen molar-refractivity contribution in [3.63, 3.8) is 0 Å². The topological polar surface area (TPSA) is 65.8 Å². The summed E-state index contributed by atoms with van der Waals surface area (Å²) >= 11 is 0. The van der Waals surface area contributed by atoms with E-state index in [2.05, 4.69) is 10.0 Å². The number of azide groups is 1. The van der Waals surface area contributed by atoms with E-state index in [0.717, 1.165) is 5.56 Å². The normalized spacial score (nSPS) is 9.00. The first kappa shape index (κ1) is 9.29. The highest BCUT2D eigenvalue weighted by atomic mass is 16.1. The van der Waals surface area contributed by atoms with Crippen LogP contribution >= 0.6 is 0 Å². The number of carbonyl (C=O) groups is 1. The van der Waals surface area contributed by atoms with Crippen molar-refractivity contribution in [2.45, 2.75) is 13.5 Å². The number of ketones is 1. The summed E-state index contributed by atoms with van der Waals surface area (Å²) < 4.78 is 0. The molecule has 0 unspecified atom stereocenters. The molecule has 0 fully saturated rings. The molecule has 0 saturated carbocycles. The van der Waals surface area contributed by atoms with Crippen LogP contribution in [0.2, 0.25) is 0 Å². The second-order valence-corrected chi connectivity index (χ2v) is 2.60. The maximum atomic E-state index is 11.1. The van der Waals surface area contributed by atoms with E-state index in [1.807, 2.05) is 6.07 Å². The molecule has 4 nitrogen and oxygen atoms in total. The summed E-state index contributed by atoms with van der Waals surface area (Å²) in [6, 6.07) is 7.11. The molecule has 0 amide bonds. The van der Waals surface area contributed by atoms with E-state index in [-0.39, 0.29) is 12.3 Å². The second kappa shape index (κ2) is 4.28. The third-order valence-corrected chi connectivity index (χ3v) is 1.70. The van der Waals surface area contributed by atoms with Crippen LogP contribution in [0.1, 0.15) is 22.8 Å². The van der Waals surface area contributed by atoms with Crippen LogP contribution in [0.15, 0.2) is 29.4 Å². The summed E-state index contributed by atoms with van der Waals surface area (Å²) in [6.07, 6.45) is 0. The fourth-order valence-corrected chi connectivity index (χ4v) is 1.11. The molecule has 1 aromatic carbocycles. The molecule has 0 bridgehead atoms. The summed E-state index contributed by atoms with van der Waals surface area (Å²) in [5.41, 5.74) is 9.52. The van der Waals surface area contributed by atoms with E-state index in [0.29, 0.717) is 5.56 Å². The number of hydrogen-bond acceptors (Lipinski definition) is 2. The lowest BCUT2D eigenvalue weighted by atomic mass is 10.1. The first-order chi connectivity index (χ1) is 6.25. The van der Waals surface area contributed by atoms with Crippen molar-refractivity contribution >= 4 is 5.78 Å². The Morgan fingerprint density at radius 2 is 2.23 bits per heavy atom. The minimum absolute atomic E-state index is 0.0104. The average Bonchev–Trinajstić information content (AvgIpc) is 2.15. The van der Waals surface area contributed by atoms with Gasteiger partial charge in [0.1, 0.15) is 0 Å². The molecule has 4 heteroatoms. The molecule has 0 saturated heterocycles. The summed E-state index contributed by atoms with van der Waals surface area (Å²) in [4.78, 5) is 13.7. The quantitative estimate of drug-likeness (QED) is 0.301. The van der Waals surface area contributed by atoms with Crippen molar-refractivity contribution in [3.8, 4) is 0 Å². The number of Topliss-reactive ketones (excluding diaryl/α,β-unsaturated/α-hetero) is 1. The smallest absolute Gasteiger partial charge is 0.160 e. The predicted octanol–water partition coefficient (Wildman–Crippen LogP) is 2.70. The zero-order valence-corrected chi connectivity index (χ0v) is 7.27. The van der Waals surface area contributed by atoms with Gasteiger partial charge >= 0.3 is 0 Å². The molecule has 0 aliphatic heterocycles. The highest BCUT2D eigenvalue weighted by Crippen LogP contribution is 2.10. The van der Waals surface area contributed by atoms with Crippen molar-refractivity contribution in [1.29, 1.82) is 0 Å². The van der Waals surface area contributed by atoms with Gasteiger partial charge in [0.05, 0.1) is 6.54 Å². The summed E-state index contributed by atoms with van der Waals surface area (Å²) in [6.45, 7) is 1.72. The molecule has 0 aliphatic rings. The Labute approximate surface area is 75.8 Å². The van der Waals surface area contributed by atoms with Gasteiger partial charge in [0.15, 0.2) is 5.78 Å². The van der Waals surface area contributed by atoms with Gasteiger partial charge < -0.3 is 0 Å². The van der Waals surface area contributed by atoms with Crippen LogP contribution in [0.4, 0.5) is 0 Å². The van der Waals surface area contributed by atoms with Crippen LogP contribution in [-0.4, -0.2) is 5.78 Å². The Morgan fingerprint density at radius 3 is 2.85 bits per heavy atom. The van der Waals surface area contributed by atoms with Crippen LogP contribution in [0.3, 0.4) is 0 Å². The molecular weight excluding hydrogens is 166 g/mol. The number of rotatable bonds is 3. The summed E-state index contributed by atoms with van der Waals surface area (Å²) in [5, 5.41) is 3.41. The molecule has 1 rings (SSSR count). The first-order valence-corrected chi connectivity index (χ1v) is 3.85.